The summed E-state index contributed by atoms with van der Waals surface area (Å²) < 4.78 is 66.5. The van der Waals surface area contributed by atoms with E-state index in [4.69, 9.17) is 0 Å². The molecule has 0 heterocycles. The number of aryl methyl sites for hydroxylation is 2. The van der Waals surface area contributed by atoms with Crippen LogP contribution in [0.1, 0.15) is 24.0 Å². The Kier molecular flexibility index (Phi) is 8.36. The number of hydrogen-bond acceptors (Lipinski definition) is 5. The van der Waals surface area contributed by atoms with Gasteiger partial charge in [0.25, 0.3) is 10.0 Å². The van der Waals surface area contributed by atoms with Crippen molar-refractivity contribution in [1.82, 2.24) is 0 Å². The fraction of sp³-hybridized carbons (Fsp3) is 0.240. The van der Waals surface area contributed by atoms with E-state index in [0.29, 0.717) is 17.8 Å². The van der Waals surface area contributed by atoms with E-state index in [2.05, 4.69) is 10.0 Å². The third kappa shape index (κ3) is 7.28. The van der Waals surface area contributed by atoms with Crippen LogP contribution < -0.4 is 14.3 Å². The molecule has 0 spiro atoms. The zero-order chi connectivity index (χ0) is 26.5. The van der Waals surface area contributed by atoms with E-state index in [1.165, 1.54) is 40.7 Å². The Hall–Kier alpha value is -3.44. The van der Waals surface area contributed by atoms with Crippen LogP contribution in [0, 0.1) is 19.7 Å². The molecule has 0 aliphatic carbocycles. The van der Waals surface area contributed by atoms with Crippen LogP contribution in [0.5, 0.6) is 0 Å². The lowest BCUT2D eigenvalue weighted by Crippen LogP contribution is -2.32. The molecule has 8 nitrogen and oxygen atoms in total. The predicted molar refractivity (Wildman–Crippen MR) is 140 cm³/mol. The molecule has 192 valence electrons. The largest absolute Gasteiger partial charge is 0.326 e. The molecule has 0 saturated heterocycles. The van der Waals surface area contributed by atoms with E-state index in [9.17, 15) is 26.0 Å². The topological polar surface area (TPSA) is 113 Å². The maximum Gasteiger partial charge on any atom is 0.261 e. The normalized spacial score (nSPS) is 11.7. The highest BCUT2D eigenvalue weighted by Crippen LogP contribution is 2.24. The number of nitrogens with zero attached hydrogens (tertiary/aromatic N) is 1. The molecular weight excluding hydrogens is 505 g/mol. The first-order valence-electron chi connectivity index (χ1n) is 11.1. The van der Waals surface area contributed by atoms with E-state index in [-0.39, 0.29) is 29.5 Å². The molecule has 11 heteroatoms. The zero-order valence-corrected chi connectivity index (χ0v) is 21.8. The van der Waals surface area contributed by atoms with Crippen molar-refractivity contribution in [3.05, 3.63) is 83.7 Å². The van der Waals surface area contributed by atoms with Gasteiger partial charge in [-0.05, 0) is 86.0 Å². The molecule has 0 unspecified atom stereocenters. The molecular formula is C25H28FN3O5S2. The number of rotatable bonds is 10. The molecule has 0 saturated carbocycles. The molecule has 36 heavy (non-hydrogen) atoms. The van der Waals surface area contributed by atoms with Crippen molar-refractivity contribution in [2.75, 3.05) is 27.1 Å². The first kappa shape index (κ1) is 27.2. The van der Waals surface area contributed by atoms with Gasteiger partial charge < -0.3 is 5.32 Å². The van der Waals surface area contributed by atoms with Crippen LogP contribution in [0.15, 0.2) is 71.6 Å². The van der Waals surface area contributed by atoms with Crippen LogP contribution >= 0.6 is 0 Å². The molecule has 0 aliphatic rings. The summed E-state index contributed by atoms with van der Waals surface area (Å²) in [5.41, 5.74) is 2.96. The monoisotopic (exact) mass is 533 g/mol. The molecule has 1 amide bonds. The molecule has 0 aliphatic heterocycles. The van der Waals surface area contributed by atoms with Gasteiger partial charge in [0.1, 0.15) is 5.82 Å². The van der Waals surface area contributed by atoms with Gasteiger partial charge >= 0.3 is 0 Å². The number of benzene rings is 3. The lowest BCUT2D eigenvalue weighted by molar-refractivity contribution is -0.116. The van der Waals surface area contributed by atoms with Crippen molar-refractivity contribution in [3.8, 4) is 0 Å². The summed E-state index contributed by atoms with van der Waals surface area (Å²) in [4.78, 5) is 12.4. The quantitative estimate of drug-likeness (QED) is 0.400. The third-order valence-electron chi connectivity index (χ3n) is 5.34. The van der Waals surface area contributed by atoms with Gasteiger partial charge in [-0.3, -0.25) is 13.8 Å². The third-order valence-corrected chi connectivity index (χ3v) is 7.92. The lowest BCUT2D eigenvalue weighted by Gasteiger charge is -2.24. The molecule has 0 fully saturated rings. The van der Waals surface area contributed by atoms with Gasteiger partial charge in [0.05, 0.1) is 16.8 Å². The van der Waals surface area contributed by atoms with Gasteiger partial charge in [0.2, 0.25) is 15.9 Å². The summed E-state index contributed by atoms with van der Waals surface area (Å²) in [5.74, 6) is -0.809. The highest BCUT2D eigenvalue weighted by Gasteiger charge is 2.20. The number of nitrogens with one attached hydrogen (secondary N) is 2. The van der Waals surface area contributed by atoms with E-state index < -0.39 is 25.9 Å². The second-order valence-electron chi connectivity index (χ2n) is 8.41. The Labute approximate surface area is 211 Å². The van der Waals surface area contributed by atoms with Crippen LogP contribution in [-0.2, 0) is 24.8 Å². The van der Waals surface area contributed by atoms with Gasteiger partial charge in [0, 0.05) is 24.3 Å². The summed E-state index contributed by atoms with van der Waals surface area (Å²) in [6, 6.07) is 16.1. The lowest BCUT2D eigenvalue weighted by atomic mass is 10.1. The van der Waals surface area contributed by atoms with Crippen molar-refractivity contribution in [3.63, 3.8) is 0 Å². The van der Waals surface area contributed by atoms with Crippen molar-refractivity contribution < 1.29 is 26.0 Å². The minimum absolute atomic E-state index is 0.0258. The second-order valence-corrected chi connectivity index (χ2v) is 12.0. The van der Waals surface area contributed by atoms with Gasteiger partial charge in [-0.15, -0.1) is 0 Å². The van der Waals surface area contributed by atoms with Gasteiger partial charge in [-0.2, -0.15) is 0 Å². The number of hydrogen-bond donors (Lipinski definition) is 2. The minimum Gasteiger partial charge on any atom is -0.326 e. The highest BCUT2D eigenvalue weighted by atomic mass is 32.2. The Bertz CT molecular complexity index is 1440. The summed E-state index contributed by atoms with van der Waals surface area (Å²) in [6.07, 6.45) is 1.50. The molecule has 0 bridgehead atoms. The number of halogens is 1. The molecule has 3 aromatic rings. The van der Waals surface area contributed by atoms with Crippen LogP contribution in [0.25, 0.3) is 0 Å². The summed E-state index contributed by atoms with van der Waals surface area (Å²) in [5, 5.41) is 2.69. The summed E-state index contributed by atoms with van der Waals surface area (Å²) in [6.45, 7) is 3.85. The maximum atomic E-state index is 13.0. The number of anilines is 3. The summed E-state index contributed by atoms with van der Waals surface area (Å²) in [7, 11) is -7.43. The average molecular weight is 534 g/mol. The first-order chi connectivity index (χ1) is 16.8. The number of amides is 1. The first-order valence-corrected chi connectivity index (χ1v) is 14.4. The second kappa shape index (κ2) is 11.1. The van der Waals surface area contributed by atoms with E-state index in [1.807, 2.05) is 26.0 Å². The number of carbonyl (C=O) groups is 1. The molecule has 3 rings (SSSR count). The van der Waals surface area contributed by atoms with Gasteiger partial charge in [0.15, 0.2) is 0 Å². The molecule has 2 N–H and O–H groups in total. The van der Waals surface area contributed by atoms with Crippen molar-refractivity contribution in [2.24, 2.45) is 0 Å². The maximum absolute atomic E-state index is 13.0. The van der Waals surface area contributed by atoms with E-state index >= 15 is 0 Å². The van der Waals surface area contributed by atoms with Crippen molar-refractivity contribution >= 4 is 43.0 Å². The Balaban J connectivity index is 1.59. The Morgan fingerprint density at radius 1 is 0.889 bits per heavy atom. The Morgan fingerprint density at radius 3 is 2.11 bits per heavy atom. The molecule has 0 atom stereocenters. The molecule has 0 radical (unpaired) electrons. The minimum atomic E-state index is -3.89. The van der Waals surface area contributed by atoms with E-state index in [1.54, 1.807) is 6.07 Å². The van der Waals surface area contributed by atoms with Crippen LogP contribution in [0.2, 0.25) is 0 Å². The Morgan fingerprint density at radius 2 is 1.50 bits per heavy atom. The van der Waals surface area contributed by atoms with Gasteiger partial charge in [-0.1, -0.05) is 12.1 Å². The zero-order valence-electron chi connectivity index (χ0n) is 20.2. The van der Waals surface area contributed by atoms with Gasteiger partial charge in [-0.25, -0.2) is 21.2 Å². The molecule has 0 aromatic heterocycles. The van der Waals surface area contributed by atoms with E-state index in [0.717, 1.165) is 29.5 Å². The fourth-order valence-corrected chi connectivity index (χ4v) is 5.58. The smallest absolute Gasteiger partial charge is 0.261 e. The van der Waals surface area contributed by atoms with Crippen LogP contribution in [0.4, 0.5) is 21.5 Å². The predicted octanol–water partition coefficient (Wildman–Crippen LogP) is 4.43. The number of carbonyl (C=O) groups excluding carboxylic acids is 1. The summed E-state index contributed by atoms with van der Waals surface area (Å²) >= 11 is 0. The highest BCUT2D eigenvalue weighted by molar-refractivity contribution is 7.92. The van der Waals surface area contributed by atoms with Crippen LogP contribution in [-0.4, -0.2) is 35.5 Å². The SMILES string of the molecule is Cc1ccc(C)c(N(CCCC(=O)Nc2ccc(S(=O)(=O)Nc3ccc(F)cc3)cc2)S(C)(=O)=O)c1. The average Bonchev–Trinajstić information content (AvgIpc) is 2.79. The standard InChI is InChI=1S/C25H28FN3O5S2/c1-18-6-7-19(2)24(17-18)29(35(3,31)32)16-4-5-25(30)27-21-12-14-23(15-13-21)36(33,34)28-22-10-8-20(26)9-11-22/h6-15,17,28H,4-5,16H2,1-3H3,(H,27,30). The van der Waals surface area contributed by atoms with Crippen molar-refractivity contribution in [2.45, 2.75) is 31.6 Å². The van der Waals surface area contributed by atoms with Crippen LogP contribution in [0.3, 0.4) is 0 Å². The number of sulfonamides is 2. The van der Waals surface area contributed by atoms with Crippen molar-refractivity contribution in [1.29, 1.82) is 0 Å². The molecule has 3 aromatic carbocycles. The fourth-order valence-electron chi connectivity index (χ4n) is 3.51.